The van der Waals surface area contributed by atoms with E-state index < -0.39 is 0 Å². The van der Waals surface area contributed by atoms with Gasteiger partial charge in [0.1, 0.15) is 0 Å². The Morgan fingerprint density at radius 3 is 2.32 bits per heavy atom. The van der Waals surface area contributed by atoms with Gasteiger partial charge in [-0.1, -0.05) is 56.3 Å². The smallest absolute Gasteiger partial charge is 0.193 e. The molecule has 1 N–H and O–H groups in total. The number of para-hydroxylation sites is 1. The molecule has 22 heavy (non-hydrogen) atoms. The van der Waals surface area contributed by atoms with Gasteiger partial charge in [-0.15, -0.1) is 0 Å². The Balaban J connectivity index is 1.95. The lowest BCUT2D eigenvalue weighted by atomic mass is 10.0. The van der Waals surface area contributed by atoms with Crippen LogP contribution in [0.25, 0.3) is 0 Å². The fraction of sp³-hybridized carbons (Fsp3) is 0.222. The van der Waals surface area contributed by atoms with Crippen molar-refractivity contribution < 1.29 is 0 Å². The SMILES string of the molecule is CC(C)c1ccc(/C=N/N(C)C(=S)Nc2ccccc2)cc1. The lowest BCUT2D eigenvalue weighted by Gasteiger charge is -2.15. The van der Waals surface area contributed by atoms with E-state index in [0.717, 1.165) is 11.3 Å². The summed E-state index contributed by atoms with van der Waals surface area (Å²) in [5.41, 5.74) is 3.33. The van der Waals surface area contributed by atoms with Crippen LogP contribution in [0.3, 0.4) is 0 Å². The molecule has 0 amide bonds. The van der Waals surface area contributed by atoms with Crippen LogP contribution in [0.15, 0.2) is 59.7 Å². The van der Waals surface area contributed by atoms with Crippen molar-refractivity contribution in [3.63, 3.8) is 0 Å². The fourth-order valence-electron chi connectivity index (χ4n) is 1.90. The highest BCUT2D eigenvalue weighted by molar-refractivity contribution is 7.80. The zero-order chi connectivity index (χ0) is 15.9. The summed E-state index contributed by atoms with van der Waals surface area (Å²) in [6.07, 6.45) is 1.81. The van der Waals surface area contributed by atoms with Gasteiger partial charge in [-0.25, -0.2) is 5.01 Å². The van der Waals surface area contributed by atoms with E-state index in [9.17, 15) is 0 Å². The van der Waals surface area contributed by atoms with Crippen molar-refractivity contribution in [3.05, 3.63) is 65.7 Å². The van der Waals surface area contributed by atoms with Gasteiger partial charge in [-0.2, -0.15) is 5.10 Å². The van der Waals surface area contributed by atoms with E-state index in [2.05, 4.69) is 48.5 Å². The molecule has 2 aromatic carbocycles. The summed E-state index contributed by atoms with van der Waals surface area (Å²) in [4.78, 5) is 0. The minimum Gasteiger partial charge on any atom is -0.331 e. The molecule has 0 aliphatic rings. The molecule has 0 radical (unpaired) electrons. The molecule has 0 spiro atoms. The maximum atomic E-state index is 5.33. The van der Waals surface area contributed by atoms with Crippen molar-refractivity contribution in [1.82, 2.24) is 5.01 Å². The van der Waals surface area contributed by atoms with E-state index in [0.29, 0.717) is 11.0 Å². The second kappa shape index (κ2) is 7.71. The van der Waals surface area contributed by atoms with Crippen LogP contribution in [0.5, 0.6) is 0 Å². The lowest BCUT2D eigenvalue weighted by molar-refractivity contribution is 0.557. The van der Waals surface area contributed by atoms with Crippen LogP contribution in [-0.2, 0) is 0 Å². The molecule has 0 heterocycles. The highest BCUT2D eigenvalue weighted by atomic mass is 32.1. The van der Waals surface area contributed by atoms with Gasteiger partial charge in [-0.3, -0.25) is 0 Å². The molecule has 114 valence electrons. The standard InChI is InChI=1S/C18H21N3S/c1-14(2)16-11-9-15(10-12-16)13-19-21(3)18(22)20-17-7-5-4-6-8-17/h4-14H,1-3H3,(H,20,22)/b19-13+. The van der Waals surface area contributed by atoms with Crippen LogP contribution < -0.4 is 5.32 Å². The Hall–Kier alpha value is -2.20. The number of thiocarbonyl (C=S) groups is 1. The van der Waals surface area contributed by atoms with Gasteiger partial charge in [0.15, 0.2) is 5.11 Å². The first-order valence-corrected chi connectivity index (χ1v) is 7.71. The molecule has 3 nitrogen and oxygen atoms in total. The molecule has 0 aliphatic heterocycles. The molecule has 0 bridgehead atoms. The average molecular weight is 311 g/mol. The summed E-state index contributed by atoms with van der Waals surface area (Å²) in [6.45, 7) is 4.37. The van der Waals surface area contributed by atoms with Crippen LogP contribution in [0, 0.1) is 0 Å². The molecule has 2 rings (SSSR count). The van der Waals surface area contributed by atoms with Gasteiger partial charge in [0, 0.05) is 12.7 Å². The summed E-state index contributed by atoms with van der Waals surface area (Å²) in [7, 11) is 1.83. The van der Waals surface area contributed by atoms with Gasteiger partial charge >= 0.3 is 0 Å². The van der Waals surface area contributed by atoms with E-state index in [1.807, 2.05) is 43.6 Å². The largest absolute Gasteiger partial charge is 0.331 e. The van der Waals surface area contributed by atoms with E-state index in [1.54, 1.807) is 5.01 Å². The molecule has 0 aromatic heterocycles. The molecular weight excluding hydrogens is 290 g/mol. The van der Waals surface area contributed by atoms with E-state index >= 15 is 0 Å². The van der Waals surface area contributed by atoms with E-state index in [-0.39, 0.29) is 0 Å². The second-order valence-electron chi connectivity index (χ2n) is 5.39. The summed E-state index contributed by atoms with van der Waals surface area (Å²) < 4.78 is 0. The number of hydrazone groups is 1. The van der Waals surface area contributed by atoms with Crippen LogP contribution in [0.2, 0.25) is 0 Å². The molecular formula is C18H21N3S. The highest BCUT2D eigenvalue weighted by Crippen LogP contribution is 2.14. The van der Waals surface area contributed by atoms with Crippen LogP contribution in [-0.4, -0.2) is 23.4 Å². The number of benzene rings is 2. The molecule has 0 saturated heterocycles. The van der Waals surface area contributed by atoms with Crippen LogP contribution >= 0.6 is 12.2 Å². The normalized spacial score (nSPS) is 10.9. The highest BCUT2D eigenvalue weighted by Gasteiger charge is 2.02. The quantitative estimate of drug-likeness (QED) is 0.513. The van der Waals surface area contributed by atoms with Gasteiger partial charge in [0.05, 0.1) is 6.21 Å². The Bertz CT molecular complexity index is 633. The molecule has 0 unspecified atom stereocenters. The van der Waals surface area contributed by atoms with Gasteiger partial charge in [0.2, 0.25) is 0 Å². The zero-order valence-corrected chi connectivity index (χ0v) is 14.0. The maximum Gasteiger partial charge on any atom is 0.193 e. The molecule has 2 aromatic rings. The van der Waals surface area contributed by atoms with Gasteiger partial charge < -0.3 is 5.32 Å². The number of anilines is 1. The summed E-state index contributed by atoms with van der Waals surface area (Å²) in [5, 5.41) is 9.72. The van der Waals surface area contributed by atoms with Crippen LogP contribution in [0.4, 0.5) is 5.69 Å². The minimum atomic E-state index is 0.538. The lowest BCUT2D eigenvalue weighted by Crippen LogP contribution is -2.26. The van der Waals surface area contributed by atoms with Crippen molar-refractivity contribution in [2.45, 2.75) is 19.8 Å². The third-order valence-electron chi connectivity index (χ3n) is 3.30. The van der Waals surface area contributed by atoms with Crippen molar-refractivity contribution >= 4 is 29.2 Å². The maximum absolute atomic E-state index is 5.33. The average Bonchev–Trinajstić information content (AvgIpc) is 2.53. The Morgan fingerprint density at radius 2 is 1.73 bits per heavy atom. The number of hydrogen-bond acceptors (Lipinski definition) is 2. The summed E-state index contributed by atoms with van der Waals surface area (Å²) in [5.74, 6) is 0.538. The topological polar surface area (TPSA) is 27.6 Å². The predicted octanol–water partition coefficient (Wildman–Crippen LogP) is 4.47. The number of hydrogen-bond donors (Lipinski definition) is 1. The first-order valence-electron chi connectivity index (χ1n) is 7.30. The molecule has 0 atom stereocenters. The fourth-order valence-corrected chi connectivity index (χ4v) is 2.06. The Kier molecular flexibility index (Phi) is 5.67. The van der Waals surface area contributed by atoms with E-state index in [4.69, 9.17) is 12.2 Å². The molecule has 4 heteroatoms. The predicted molar refractivity (Wildman–Crippen MR) is 98.6 cm³/mol. The Labute approximate surface area is 137 Å². The first kappa shape index (κ1) is 16.2. The second-order valence-corrected chi connectivity index (χ2v) is 5.77. The zero-order valence-electron chi connectivity index (χ0n) is 13.2. The van der Waals surface area contributed by atoms with E-state index in [1.165, 1.54) is 5.56 Å². The first-order chi connectivity index (χ1) is 10.6. The van der Waals surface area contributed by atoms with Gasteiger partial charge in [0.25, 0.3) is 0 Å². The third-order valence-corrected chi connectivity index (χ3v) is 3.67. The number of nitrogens with one attached hydrogen (secondary N) is 1. The van der Waals surface area contributed by atoms with Crippen molar-refractivity contribution in [1.29, 1.82) is 0 Å². The number of rotatable bonds is 4. The minimum absolute atomic E-state index is 0.538. The third kappa shape index (κ3) is 4.67. The molecule has 0 aliphatic carbocycles. The van der Waals surface area contributed by atoms with Gasteiger partial charge in [-0.05, 0) is 41.4 Å². The molecule has 0 saturated carbocycles. The Morgan fingerprint density at radius 1 is 1.09 bits per heavy atom. The van der Waals surface area contributed by atoms with Crippen molar-refractivity contribution in [2.75, 3.05) is 12.4 Å². The monoisotopic (exact) mass is 311 g/mol. The summed E-state index contributed by atoms with van der Waals surface area (Å²) >= 11 is 5.33. The summed E-state index contributed by atoms with van der Waals surface area (Å²) in [6, 6.07) is 18.2. The van der Waals surface area contributed by atoms with Crippen molar-refractivity contribution in [2.24, 2.45) is 5.10 Å². The molecule has 0 fully saturated rings. The number of nitrogens with zero attached hydrogens (tertiary/aromatic N) is 2. The van der Waals surface area contributed by atoms with Crippen LogP contribution in [0.1, 0.15) is 30.9 Å². The van der Waals surface area contributed by atoms with Crippen molar-refractivity contribution in [3.8, 4) is 0 Å².